The summed E-state index contributed by atoms with van der Waals surface area (Å²) in [5.74, 6) is 1.31. The Hall–Kier alpha value is -2.16. The summed E-state index contributed by atoms with van der Waals surface area (Å²) in [5.41, 5.74) is 2.84. The summed E-state index contributed by atoms with van der Waals surface area (Å²) in [4.78, 5) is 15.5. The molecule has 110 valence electrons. The molecule has 0 amide bonds. The molecule has 21 heavy (non-hydrogen) atoms. The summed E-state index contributed by atoms with van der Waals surface area (Å²) in [6.07, 6.45) is 1.55. The van der Waals surface area contributed by atoms with E-state index in [4.69, 9.17) is 4.74 Å². The van der Waals surface area contributed by atoms with Gasteiger partial charge in [0.05, 0.1) is 0 Å². The van der Waals surface area contributed by atoms with Crippen LogP contribution >= 0.6 is 0 Å². The van der Waals surface area contributed by atoms with Crippen molar-refractivity contribution in [2.24, 2.45) is 0 Å². The number of rotatable bonds is 3. The van der Waals surface area contributed by atoms with E-state index in [0.717, 1.165) is 16.9 Å². The predicted molar refractivity (Wildman–Crippen MR) is 84.2 cm³/mol. The second-order valence-electron chi connectivity index (χ2n) is 6.29. The molecule has 1 aromatic carbocycles. The van der Waals surface area contributed by atoms with Gasteiger partial charge in [0.2, 0.25) is 5.88 Å². The number of aryl methyl sites for hydroxylation is 1. The third-order valence-corrected chi connectivity index (χ3v) is 3.30. The molecule has 2 rings (SSSR count). The van der Waals surface area contributed by atoms with Crippen molar-refractivity contribution in [3.8, 4) is 11.6 Å². The van der Waals surface area contributed by atoms with Crippen LogP contribution in [0.2, 0.25) is 0 Å². The van der Waals surface area contributed by atoms with Crippen LogP contribution in [0.1, 0.15) is 49.2 Å². The minimum atomic E-state index is -0.0115. The number of Topliss-reactive ketones (excluding diaryl/α,β-unsaturated/α-hetero) is 1. The monoisotopic (exact) mass is 283 g/mol. The van der Waals surface area contributed by atoms with Gasteiger partial charge in [-0.25, -0.2) is 4.98 Å². The number of hydrogen-bond acceptors (Lipinski definition) is 3. The average molecular weight is 283 g/mol. The summed E-state index contributed by atoms with van der Waals surface area (Å²) in [6.45, 7) is 10.0. The molecule has 0 aliphatic heterocycles. The lowest BCUT2D eigenvalue weighted by molar-refractivity contribution is 0.101. The number of hydrogen-bond donors (Lipinski definition) is 0. The Labute approximate surface area is 126 Å². The largest absolute Gasteiger partial charge is 0.439 e. The molecule has 1 aromatic heterocycles. The first-order valence-corrected chi connectivity index (χ1v) is 7.03. The smallest absolute Gasteiger partial charge is 0.219 e. The molecule has 0 aliphatic rings. The molecule has 3 heteroatoms. The summed E-state index contributed by atoms with van der Waals surface area (Å²) < 4.78 is 5.93. The first kappa shape index (κ1) is 15.2. The molecular weight excluding hydrogens is 262 g/mol. The normalized spacial score (nSPS) is 11.3. The van der Waals surface area contributed by atoms with Crippen molar-refractivity contribution in [2.75, 3.05) is 0 Å². The van der Waals surface area contributed by atoms with Crippen molar-refractivity contribution in [1.29, 1.82) is 0 Å². The molecule has 0 saturated heterocycles. The number of aromatic nitrogens is 1. The highest BCUT2D eigenvalue weighted by Gasteiger charge is 2.19. The summed E-state index contributed by atoms with van der Waals surface area (Å²) in [5, 5.41) is 0. The van der Waals surface area contributed by atoms with Crippen molar-refractivity contribution >= 4 is 5.78 Å². The van der Waals surface area contributed by atoms with Gasteiger partial charge < -0.3 is 4.74 Å². The SMILES string of the molecule is CC(=O)c1ccc(Oc2cc(C)ccc2C(C)(C)C)nc1. The maximum Gasteiger partial charge on any atom is 0.219 e. The Morgan fingerprint density at radius 2 is 1.86 bits per heavy atom. The van der Waals surface area contributed by atoms with Gasteiger partial charge in [0.1, 0.15) is 5.75 Å². The fraction of sp³-hybridized carbons (Fsp3) is 0.333. The number of ketones is 1. The Morgan fingerprint density at radius 3 is 2.38 bits per heavy atom. The number of ether oxygens (including phenoxy) is 1. The van der Waals surface area contributed by atoms with E-state index in [1.807, 2.05) is 13.0 Å². The van der Waals surface area contributed by atoms with E-state index in [1.165, 1.54) is 6.92 Å². The highest BCUT2D eigenvalue weighted by atomic mass is 16.5. The van der Waals surface area contributed by atoms with Gasteiger partial charge in [0.15, 0.2) is 5.78 Å². The van der Waals surface area contributed by atoms with Crippen LogP contribution in [0.4, 0.5) is 0 Å². The lowest BCUT2D eigenvalue weighted by Gasteiger charge is -2.22. The highest BCUT2D eigenvalue weighted by molar-refractivity contribution is 5.93. The first-order valence-electron chi connectivity index (χ1n) is 7.03. The standard InChI is InChI=1S/C18H21NO2/c1-12-6-8-15(18(3,4)5)16(10-12)21-17-9-7-14(11-19-17)13(2)20/h6-11H,1-5H3. The van der Waals surface area contributed by atoms with Crippen molar-refractivity contribution in [3.63, 3.8) is 0 Å². The predicted octanol–water partition coefficient (Wildman–Crippen LogP) is 4.68. The summed E-state index contributed by atoms with van der Waals surface area (Å²) >= 11 is 0. The Bertz CT molecular complexity index is 652. The zero-order chi connectivity index (χ0) is 15.6. The molecule has 0 bridgehead atoms. The van der Waals surface area contributed by atoms with E-state index in [2.05, 4.69) is 37.9 Å². The van der Waals surface area contributed by atoms with Crippen LogP contribution in [0, 0.1) is 6.92 Å². The third kappa shape index (κ3) is 3.69. The number of pyridine rings is 1. The second kappa shape index (κ2) is 5.68. The quantitative estimate of drug-likeness (QED) is 0.768. The lowest BCUT2D eigenvalue weighted by Crippen LogP contribution is -2.12. The van der Waals surface area contributed by atoms with Gasteiger partial charge in [-0.3, -0.25) is 4.79 Å². The first-order chi connectivity index (χ1) is 9.77. The number of benzene rings is 1. The van der Waals surface area contributed by atoms with E-state index in [9.17, 15) is 4.79 Å². The maximum atomic E-state index is 11.3. The fourth-order valence-corrected chi connectivity index (χ4v) is 2.10. The molecule has 0 atom stereocenters. The zero-order valence-corrected chi connectivity index (χ0v) is 13.2. The van der Waals surface area contributed by atoms with Crippen LogP contribution in [0.3, 0.4) is 0 Å². The van der Waals surface area contributed by atoms with E-state index < -0.39 is 0 Å². The van der Waals surface area contributed by atoms with Crippen LogP contribution < -0.4 is 4.74 Å². The van der Waals surface area contributed by atoms with Crippen molar-refractivity contribution < 1.29 is 9.53 Å². The number of carbonyl (C=O) groups is 1. The number of nitrogens with zero attached hydrogens (tertiary/aromatic N) is 1. The third-order valence-electron chi connectivity index (χ3n) is 3.30. The molecule has 0 aliphatic carbocycles. The van der Waals surface area contributed by atoms with Crippen LogP contribution in [0.15, 0.2) is 36.5 Å². The zero-order valence-electron chi connectivity index (χ0n) is 13.2. The van der Waals surface area contributed by atoms with E-state index in [0.29, 0.717) is 11.4 Å². The molecular formula is C18H21NO2. The van der Waals surface area contributed by atoms with Crippen LogP contribution in [-0.4, -0.2) is 10.8 Å². The van der Waals surface area contributed by atoms with E-state index >= 15 is 0 Å². The van der Waals surface area contributed by atoms with Crippen LogP contribution in [0.25, 0.3) is 0 Å². The summed E-state index contributed by atoms with van der Waals surface area (Å²) in [6, 6.07) is 9.65. The van der Waals surface area contributed by atoms with Gasteiger partial charge in [0.25, 0.3) is 0 Å². The summed E-state index contributed by atoms with van der Waals surface area (Å²) in [7, 11) is 0. The fourth-order valence-electron chi connectivity index (χ4n) is 2.10. The van der Waals surface area contributed by atoms with Gasteiger partial charge in [0, 0.05) is 23.4 Å². The second-order valence-corrected chi connectivity index (χ2v) is 6.29. The molecule has 0 spiro atoms. The van der Waals surface area contributed by atoms with Gasteiger partial charge in [-0.15, -0.1) is 0 Å². The van der Waals surface area contributed by atoms with E-state index in [-0.39, 0.29) is 11.2 Å². The molecule has 2 aromatic rings. The Morgan fingerprint density at radius 1 is 1.14 bits per heavy atom. The highest BCUT2D eigenvalue weighted by Crippen LogP contribution is 2.34. The molecule has 0 saturated carbocycles. The minimum absolute atomic E-state index is 0.0000129. The van der Waals surface area contributed by atoms with Gasteiger partial charge in [-0.2, -0.15) is 0 Å². The molecule has 0 radical (unpaired) electrons. The Balaban J connectivity index is 2.34. The van der Waals surface area contributed by atoms with Gasteiger partial charge >= 0.3 is 0 Å². The van der Waals surface area contributed by atoms with Crippen LogP contribution in [-0.2, 0) is 5.41 Å². The maximum absolute atomic E-state index is 11.3. The van der Waals surface area contributed by atoms with Gasteiger partial charge in [-0.05, 0) is 37.0 Å². The Kier molecular flexibility index (Phi) is 4.12. The molecule has 3 nitrogen and oxygen atoms in total. The topological polar surface area (TPSA) is 39.2 Å². The molecule has 1 heterocycles. The number of carbonyl (C=O) groups excluding carboxylic acids is 1. The molecule has 0 fully saturated rings. The molecule has 0 unspecified atom stereocenters. The van der Waals surface area contributed by atoms with E-state index in [1.54, 1.807) is 18.3 Å². The van der Waals surface area contributed by atoms with Crippen molar-refractivity contribution in [2.45, 2.75) is 40.0 Å². The average Bonchev–Trinajstić information content (AvgIpc) is 2.38. The van der Waals surface area contributed by atoms with Crippen molar-refractivity contribution in [1.82, 2.24) is 4.98 Å². The lowest BCUT2D eigenvalue weighted by atomic mass is 9.86. The van der Waals surface area contributed by atoms with Crippen LogP contribution in [0.5, 0.6) is 11.6 Å². The van der Waals surface area contributed by atoms with Gasteiger partial charge in [-0.1, -0.05) is 32.9 Å². The minimum Gasteiger partial charge on any atom is -0.439 e. The molecule has 0 N–H and O–H groups in total. The van der Waals surface area contributed by atoms with Crippen molar-refractivity contribution in [3.05, 3.63) is 53.2 Å².